The van der Waals surface area contributed by atoms with Crippen molar-refractivity contribution in [2.45, 2.75) is 25.7 Å². The van der Waals surface area contributed by atoms with Crippen LogP contribution in [0.25, 0.3) is 10.2 Å². The van der Waals surface area contributed by atoms with Crippen molar-refractivity contribution in [3.63, 3.8) is 0 Å². The summed E-state index contributed by atoms with van der Waals surface area (Å²) in [5.41, 5.74) is 7.72. The highest BCUT2D eigenvalue weighted by Crippen LogP contribution is 2.32. The third-order valence-corrected chi connectivity index (χ3v) is 4.40. The lowest BCUT2D eigenvalue weighted by molar-refractivity contribution is 0.726. The van der Waals surface area contributed by atoms with Crippen molar-refractivity contribution in [1.82, 2.24) is 4.98 Å². The molecule has 1 saturated heterocycles. The van der Waals surface area contributed by atoms with Gasteiger partial charge in [0, 0.05) is 13.1 Å². The Morgan fingerprint density at radius 2 is 1.88 bits per heavy atom. The Morgan fingerprint density at radius 1 is 1.12 bits per heavy atom. The summed E-state index contributed by atoms with van der Waals surface area (Å²) in [6.07, 6.45) is 5.27. The van der Waals surface area contributed by atoms with Crippen LogP contribution in [0.4, 0.5) is 10.8 Å². The second-order valence-corrected chi connectivity index (χ2v) is 5.60. The van der Waals surface area contributed by atoms with E-state index in [2.05, 4.69) is 11.0 Å². The Labute approximate surface area is 105 Å². The summed E-state index contributed by atoms with van der Waals surface area (Å²) in [4.78, 5) is 7.11. The molecule has 1 aromatic heterocycles. The molecule has 3 rings (SSSR count). The Bertz CT molecular complexity index is 512. The zero-order chi connectivity index (χ0) is 11.7. The number of para-hydroxylation sites is 1. The Balaban J connectivity index is 1.96. The molecule has 0 amide bonds. The lowest BCUT2D eigenvalue weighted by Crippen LogP contribution is -2.23. The highest BCUT2D eigenvalue weighted by Gasteiger charge is 2.14. The number of nitrogens with two attached hydrogens (primary N) is 1. The predicted molar refractivity (Wildman–Crippen MR) is 74.7 cm³/mol. The molecule has 1 aliphatic heterocycles. The van der Waals surface area contributed by atoms with E-state index in [9.17, 15) is 0 Å². The topological polar surface area (TPSA) is 42.1 Å². The second-order valence-electron chi connectivity index (χ2n) is 4.59. The van der Waals surface area contributed by atoms with E-state index in [1.54, 1.807) is 11.3 Å². The van der Waals surface area contributed by atoms with Gasteiger partial charge in [0.25, 0.3) is 0 Å². The molecule has 0 unspecified atom stereocenters. The maximum absolute atomic E-state index is 5.96. The van der Waals surface area contributed by atoms with Crippen LogP contribution in [-0.2, 0) is 0 Å². The van der Waals surface area contributed by atoms with Gasteiger partial charge < -0.3 is 10.6 Å². The number of hydrogen-bond acceptors (Lipinski definition) is 4. The summed E-state index contributed by atoms with van der Waals surface area (Å²) >= 11 is 1.76. The molecular weight excluding hydrogens is 230 g/mol. The van der Waals surface area contributed by atoms with Gasteiger partial charge in [0.05, 0.1) is 10.4 Å². The van der Waals surface area contributed by atoms with Gasteiger partial charge in [-0.15, -0.1) is 0 Å². The highest BCUT2D eigenvalue weighted by molar-refractivity contribution is 7.22. The molecule has 1 fully saturated rings. The van der Waals surface area contributed by atoms with Crippen LogP contribution in [0.5, 0.6) is 0 Å². The van der Waals surface area contributed by atoms with Crippen molar-refractivity contribution in [3.8, 4) is 0 Å². The fourth-order valence-corrected chi connectivity index (χ4v) is 3.41. The van der Waals surface area contributed by atoms with Crippen molar-refractivity contribution in [3.05, 3.63) is 18.2 Å². The zero-order valence-corrected chi connectivity index (χ0v) is 10.7. The summed E-state index contributed by atoms with van der Waals surface area (Å²) in [7, 11) is 0. The number of aromatic nitrogens is 1. The minimum atomic E-state index is 0.792. The van der Waals surface area contributed by atoms with Gasteiger partial charge in [-0.05, 0) is 25.0 Å². The first-order chi connectivity index (χ1) is 8.34. The number of benzene rings is 1. The van der Waals surface area contributed by atoms with Crippen LogP contribution >= 0.6 is 11.3 Å². The lowest BCUT2D eigenvalue weighted by atomic mass is 10.2. The van der Waals surface area contributed by atoms with Crippen LogP contribution < -0.4 is 10.6 Å². The number of rotatable bonds is 1. The summed E-state index contributed by atoms with van der Waals surface area (Å²) in [6.45, 7) is 2.28. The normalized spacial score (nSPS) is 17.3. The molecule has 2 aromatic rings. The van der Waals surface area contributed by atoms with Crippen molar-refractivity contribution in [2.75, 3.05) is 23.7 Å². The number of anilines is 2. The minimum Gasteiger partial charge on any atom is -0.397 e. The smallest absolute Gasteiger partial charge is 0.186 e. The van der Waals surface area contributed by atoms with Crippen LogP contribution in [0.1, 0.15) is 25.7 Å². The first-order valence-electron chi connectivity index (χ1n) is 6.24. The molecule has 0 bridgehead atoms. The molecule has 3 nitrogen and oxygen atoms in total. The largest absolute Gasteiger partial charge is 0.397 e. The van der Waals surface area contributed by atoms with E-state index < -0.39 is 0 Å². The van der Waals surface area contributed by atoms with E-state index in [0.717, 1.165) is 29.4 Å². The third kappa shape index (κ3) is 2.09. The number of fused-ring (bicyclic) bond motifs is 1. The van der Waals surface area contributed by atoms with Gasteiger partial charge in [-0.25, -0.2) is 4.98 Å². The SMILES string of the molecule is Nc1cccc2sc(N3CCCCCC3)nc12. The molecule has 1 aromatic carbocycles. The van der Waals surface area contributed by atoms with Crippen LogP contribution in [0.3, 0.4) is 0 Å². The standard InChI is InChI=1S/C13H17N3S/c14-10-6-5-7-11-12(10)15-13(17-11)16-8-3-1-2-4-9-16/h5-7H,1-4,8-9,14H2. The zero-order valence-electron chi connectivity index (χ0n) is 9.85. The van der Waals surface area contributed by atoms with Gasteiger partial charge in [0.1, 0.15) is 5.52 Å². The quantitative estimate of drug-likeness (QED) is 0.786. The average Bonchev–Trinajstić information content (AvgIpc) is 2.59. The molecule has 2 heterocycles. The van der Waals surface area contributed by atoms with Gasteiger partial charge in [0.15, 0.2) is 5.13 Å². The predicted octanol–water partition coefficient (Wildman–Crippen LogP) is 3.26. The van der Waals surface area contributed by atoms with E-state index >= 15 is 0 Å². The summed E-state index contributed by atoms with van der Waals surface area (Å²) < 4.78 is 1.20. The van der Waals surface area contributed by atoms with Crippen molar-refractivity contribution in [1.29, 1.82) is 0 Å². The molecule has 0 atom stereocenters. The Kier molecular flexibility index (Phi) is 2.89. The van der Waals surface area contributed by atoms with Gasteiger partial charge >= 0.3 is 0 Å². The van der Waals surface area contributed by atoms with E-state index in [-0.39, 0.29) is 0 Å². The number of nitrogen functional groups attached to an aromatic ring is 1. The number of hydrogen-bond donors (Lipinski definition) is 1. The molecule has 17 heavy (non-hydrogen) atoms. The van der Waals surface area contributed by atoms with E-state index in [4.69, 9.17) is 10.7 Å². The summed E-state index contributed by atoms with van der Waals surface area (Å²) in [5.74, 6) is 0. The minimum absolute atomic E-state index is 0.792. The van der Waals surface area contributed by atoms with Crippen LogP contribution in [0, 0.1) is 0 Å². The molecule has 0 saturated carbocycles. The maximum Gasteiger partial charge on any atom is 0.186 e. The maximum atomic E-state index is 5.96. The molecule has 0 aliphatic carbocycles. The van der Waals surface area contributed by atoms with E-state index in [1.165, 1.54) is 30.4 Å². The first-order valence-corrected chi connectivity index (χ1v) is 7.06. The van der Waals surface area contributed by atoms with Crippen molar-refractivity contribution in [2.24, 2.45) is 0 Å². The summed E-state index contributed by atoms with van der Waals surface area (Å²) in [5, 5.41) is 1.14. The average molecular weight is 247 g/mol. The van der Waals surface area contributed by atoms with Gasteiger partial charge in [-0.3, -0.25) is 0 Å². The number of nitrogens with zero attached hydrogens (tertiary/aromatic N) is 2. The van der Waals surface area contributed by atoms with Gasteiger partial charge in [-0.2, -0.15) is 0 Å². The fourth-order valence-electron chi connectivity index (χ4n) is 2.36. The van der Waals surface area contributed by atoms with Crippen LogP contribution in [-0.4, -0.2) is 18.1 Å². The van der Waals surface area contributed by atoms with Gasteiger partial charge in [-0.1, -0.05) is 30.2 Å². The monoisotopic (exact) mass is 247 g/mol. The third-order valence-electron chi connectivity index (χ3n) is 3.32. The fraction of sp³-hybridized carbons (Fsp3) is 0.462. The first kappa shape index (κ1) is 10.8. The van der Waals surface area contributed by atoms with E-state index in [1.807, 2.05) is 12.1 Å². The Hall–Kier alpha value is -1.29. The molecule has 2 N–H and O–H groups in total. The van der Waals surface area contributed by atoms with E-state index in [0.29, 0.717) is 0 Å². The van der Waals surface area contributed by atoms with Crippen molar-refractivity contribution >= 4 is 32.4 Å². The van der Waals surface area contributed by atoms with Crippen LogP contribution in [0.15, 0.2) is 18.2 Å². The molecule has 4 heteroatoms. The Morgan fingerprint density at radius 3 is 2.59 bits per heavy atom. The summed E-state index contributed by atoms with van der Waals surface area (Å²) in [6, 6.07) is 6.03. The molecular formula is C13H17N3S. The molecule has 0 radical (unpaired) electrons. The van der Waals surface area contributed by atoms with Gasteiger partial charge in [0.2, 0.25) is 0 Å². The highest BCUT2D eigenvalue weighted by atomic mass is 32.1. The van der Waals surface area contributed by atoms with Crippen molar-refractivity contribution < 1.29 is 0 Å². The number of thiazole rings is 1. The molecule has 1 aliphatic rings. The molecule has 90 valence electrons. The molecule has 0 spiro atoms. The van der Waals surface area contributed by atoms with Crippen LogP contribution in [0.2, 0.25) is 0 Å². The lowest BCUT2D eigenvalue weighted by Gasteiger charge is -2.18. The second kappa shape index (κ2) is 4.53.